The number of hydrogen-bond acceptors (Lipinski definition) is 5. The molecule has 1 saturated carbocycles. The van der Waals surface area contributed by atoms with Gasteiger partial charge in [0.25, 0.3) is 5.91 Å². The van der Waals surface area contributed by atoms with Crippen LogP contribution in [0.15, 0.2) is 53.9 Å². The number of nitrogens with zero attached hydrogens (tertiary/aromatic N) is 3. The van der Waals surface area contributed by atoms with Gasteiger partial charge in [-0.3, -0.25) is 14.5 Å². The van der Waals surface area contributed by atoms with Crippen molar-refractivity contribution in [3.05, 3.63) is 64.5 Å². The maximum atomic E-state index is 13.2. The minimum atomic E-state index is -0.627. The highest BCUT2D eigenvalue weighted by molar-refractivity contribution is 7.10. The summed E-state index contributed by atoms with van der Waals surface area (Å²) < 4.78 is 5.87. The fraction of sp³-hybridized carbons (Fsp3) is 0.393. The van der Waals surface area contributed by atoms with Crippen LogP contribution < -0.4 is 9.64 Å². The number of anilines is 1. The molecule has 182 valence electrons. The number of rotatable bonds is 6. The third-order valence-corrected chi connectivity index (χ3v) is 7.87. The van der Waals surface area contributed by atoms with Gasteiger partial charge in [-0.05, 0) is 43.5 Å². The van der Waals surface area contributed by atoms with Crippen LogP contribution in [-0.4, -0.2) is 47.4 Å². The van der Waals surface area contributed by atoms with Crippen molar-refractivity contribution in [2.24, 2.45) is 0 Å². The summed E-state index contributed by atoms with van der Waals surface area (Å²) in [6.45, 7) is 1.75. The molecule has 7 heteroatoms. The standard InChI is InChI=1S/C28H31N3O3S/c1-19-28(33)31(17-27(32)30(2)22-11-7-4-8-12-22)24-16-21(13-14-25(24)34-19)23-18-35-26(29-23)15-20-9-5-3-6-10-20/h3,5-6,9-10,13-14,16,18-19,22H,4,7-8,11-12,15,17H2,1-2H3. The normalized spacial score (nSPS) is 18.2. The molecule has 0 radical (unpaired) electrons. The lowest BCUT2D eigenvalue weighted by molar-refractivity contribution is -0.134. The first-order valence-corrected chi connectivity index (χ1v) is 13.2. The van der Waals surface area contributed by atoms with E-state index in [1.807, 2.05) is 53.7 Å². The van der Waals surface area contributed by atoms with Crippen molar-refractivity contribution in [3.8, 4) is 17.0 Å². The van der Waals surface area contributed by atoms with E-state index >= 15 is 0 Å². The molecule has 0 N–H and O–H groups in total. The van der Waals surface area contributed by atoms with E-state index in [0.717, 1.165) is 48.4 Å². The minimum absolute atomic E-state index is 0.0201. The number of carbonyl (C=O) groups excluding carboxylic acids is 2. The number of hydrogen-bond donors (Lipinski definition) is 0. The first-order valence-electron chi connectivity index (χ1n) is 12.4. The van der Waals surface area contributed by atoms with Crippen LogP contribution in [0.5, 0.6) is 5.75 Å². The second-order valence-electron chi connectivity index (χ2n) is 9.45. The third-order valence-electron chi connectivity index (χ3n) is 7.02. The number of benzene rings is 2. The van der Waals surface area contributed by atoms with Crippen LogP contribution in [-0.2, 0) is 16.0 Å². The number of likely N-dealkylation sites (N-methyl/N-ethyl adjacent to an activating group) is 1. The van der Waals surface area contributed by atoms with Gasteiger partial charge in [0.15, 0.2) is 6.10 Å². The van der Waals surface area contributed by atoms with Gasteiger partial charge in [-0.15, -0.1) is 11.3 Å². The zero-order valence-corrected chi connectivity index (χ0v) is 21.1. The first-order chi connectivity index (χ1) is 17.0. The van der Waals surface area contributed by atoms with Crippen LogP contribution in [0.2, 0.25) is 0 Å². The van der Waals surface area contributed by atoms with E-state index in [4.69, 9.17) is 9.72 Å². The molecule has 2 amide bonds. The van der Waals surface area contributed by atoms with Crippen molar-refractivity contribution in [2.45, 2.75) is 57.6 Å². The SMILES string of the molecule is CC1Oc2ccc(-c3csc(Cc4ccccc4)n3)cc2N(CC(=O)N(C)C2CCCCC2)C1=O. The van der Waals surface area contributed by atoms with Crippen LogP contribution in [0, 0.1) is 0 Å². The Morgan fingerprint density at radius 3 is 2.69 bits per heavy atom. The van der Waals surface area contributed by atoms with Crippen molar-refractivity contribution in [2.75, 3.05) is 18.5 Å². The summed E-state index contributed by atoms with van der Waals surface area (Å²) in [7, 11) is 1.87. The highest BCUT2D eigenvalue weighted by Gasteiger charge is 2.34. The summed E-state index contributed by atoms with van der Waals surface area (Å²) in [5, 5.41) is 3.08. The van der Waals surface area contributed by atoms with Crippen molar-refractivity contribution < 1.29 is 14.3 Å². The predicted octanol–water partition coefficient (Wildman–Crippen LogP) is 5.31. The average molecular weight is 490 g/mol. The lowest BCUT2D eigenvalue weighted by Gasteiger charge is -2.36. The third kappa shape index (κ3) is 5.10. The van der Waals surface area contributed by atoms with E-state index < -0.39 is 6.10 Å². The second kappa shape index (κ2) is 10.2. The van der Waals surface area contributed by atoms with Gasteiger partial charge in [-0.2, -0.15) is 0 Å². The molecule has 0 bridgehead atoms. The van der Waals surface area contributed by atoms with Crippen LogP contribution in [0.4, 0.5) is 5.69 Å². The number of amides is 2. The van der Waals surface area contributed by atoms with Gasteiger partial charge >= 0.3 is 0 Å². The van der Waals surface area contributed by atoms with E-state index in [-0.39, 0.29) is 24.4 Å². The van der Waals surface area contributed by atoms with Gasteiger partial charge in [0.2, 0.25) is 5.91 Å². The van der Waals surface area contributed by atoms with Gasteiger partial charge in [-0.1, -0.05) is 49.6 Å². The van der Waals surface area contributed by atoms with Crippen LogP contribution >= 0.6 is 11.3 Å². The molecule has 5 rings (SSSR count). The molecule has 2 heterocycles. The predicted molar refractivity (Wildman–Crippen MR) is 139 cm³/mol. The largest absolute Gasteiger partial charge is 0.479 e. The van der Waals surface area contributed by atoms with E-state index in [0.29, 0.717) is 11.4 Å². The summed E-state index contributed by atoms with van der Waals surface area (Å²) in [5.41, 5.74) is 3.62. The number of thiazole rings is 1. The second-order valence-corrected chi connectivity index (χ2v) is 10.4. The summed E-state index contributed by atoms with van der Waals surface area (Å²) in [5.74, 6) is 0.395. The molecule has 2 aromatic carbocycles. The highest BCUT2D eigenvalue weighted by Crippen LogP contribution is 2.38. The monoisotopic (exact) mass is 489 g/mol. The van der Waals surface area contributed by atoms with E-state index in [9.17, 15) is 9.59 Å². The van der Waals surface area contributed by atoms with Gasteiger partial charge in [0.1, 0.15) is 12.3 Å². The molecule has 0 spiro atoms. The zero-order chi connectivity index (χ0) is 24.4. The Morgan fingerprint density at radius 2 is 1.91 bits per heavy atom. The van der Waals surface area contributed by atoms with Crippen LogP contribution in [0.25, 0.3) is 11.3 Å². The Bertz CT molecular complexity index is 1200. The lowest BCUT2D eigenvalue weighted by atomic mass is 9.94. The van der Waals surface area contributed by atoms with Crippen molar-refractivity contribution in [1.29, 1.82) is 0 Å². The average Bonchev–Trinajstić information content (AvgIpc) is 3.35. The Morgan fingerprint density at radius 1 is 1.14 bits per heavy atom. The van der Waals surface area contributed by atoms with Gasteiger partial charge in [0.05, 0.1) is 16.4 Å². The van der Waals surface area contributed by atoms with Crippen molar-refractivity contribution in [3.63, 3.8) is 0 Å². The zero-order valence-electron chi connectivity index (χ0n) is 20.3. The van der Waals surface area contributed by atoms with Gasteiger partial charge < -0.3 is 9.64 Å². The molecule has 0 saturated heterocycles. The summed E-state index contributed by atoms with van der Waals surface area (Å²) in [6.07, 6.45) is 5.76. The fourth-order valence-electron chi connectivity index (χ4n) is 4.94. The summed E-state index contributed by atoms with van der Waals surface area (Å²) >= 11 is 1.63. The molecule has 1 atom stereocenters. The van der Waals surface area contributed by atoms with E-state index in [1.165, 1.54) is 12.0 Å². The first kappa shape index (κ1) is 23.5. The molecule has 1 aliphatic heterocycles. The Balaban J connectivity index is 1.38. The molecular weight excluding hydrogens is 458 g/mol. The smallest absolute Gasteiger partial charge is 0.268 e. The Hall–Kier alpha value is -3.19. The van der Waals surface area contributed by atoms with E-state index in [1.54, 1.807) is 23.2 Å². The Labute approximate surface area is 210 Å². The number of fused-ring (bicyclic) bond motifs is 1. The molecular formula is C28H31N3O3S. The maximum absolute atomic E-state index is 13.2. The Kier molecular flexibility index (Phi) is 6.86. The topological polar surface area (TPSA) is 62.7 Å². The quantitative estimate of drug-likeness (QED) is 0.471. The molecule has 1 unspecified atom stereocenters. The summed E-state index contributed by atoms with van der Waals surface area (Å²) in [6, 6.07) is 16.3. The number of aromatic nitrogens is 1. The van der Waals surface area contributed by atoms with E-state index in [2.05, 4.69) is 12.1 Å². The summed E-state index contributed by atoms with van der Waals surface area (Å²) in [4.78, 5) is 34.5. The lowest BCUT2D eigenvalue weighted by Crippen LogP contribution is -2.50. The molecule has 3 aromatic rings. The number of ether oxygens (including phenoxy) is 1. The minimum Gasteiger partial charge on any atom is -0.479 e. The molecule has 6 nitrogen and oxygen atoms in total. The van der Waals surface area contributed by atoms with Crippen molar-refractivity contribution in [1.82, 2.24) is 9.88 Å². The fourth-order valence-corrected chi connectivity index (χ4v) is 5.78. The maximum Gasteiger partial charge on any atom is 0.268 e. The number of carbonyl (C=O) groups is 2. The molecule has 35 heavy (non-hydrogen) atoms. The van der Waals surface area contributed by atoms with Crippen LogP contribution in [0.1, 0.15) is 49.6 Å². The molecule has 1 aromatic heterocycles. The molecule has 1 aliphatic carbocycles. The highest BCUT2D eigenvalue weighted by atomic mass is 32.1. The molecule has 1 fully saturated rings. The van der Waals surface area contributed by atoms with Crippen molar-refractivity contribution >= 4 is 28.8 Å². The molecule has 2 aliphatic rings. The van der Waals surface area contributed by atoms with Crippen LogP contribution in [0.3, 0.4) is 0 Å². The van der Waals surface area contributed by atoms with Gasteiger partial charge in [0, 0.05) is 30.5 Å². The van der Waals surface area contributed by atoms with Gasteiger partial charge in [-0.25, -0.2) is 4.98 Å².